The van der Waals surface area contributed by atoms with Gasteiger partial charge in [0, 0.05) is 5.56 Å². The van der Waals surface area contributed by atoms with Crippen molar-refractivity contribution in [2.75, 3.05) is 26.2 Å². The molecule has 194 valence electrons. The lowest BCUT2D eigenvalue weighted by Crippen LogP contribution is -2.54. The molecule has 3 aromatic carbocycles. The van der Waals surface area contributed by atoms with Crippen LogP contribution in [0.2, 0.25) is 0 Å². The Morgan fingerprint density at radius 3 is 2.16 bits per heavy atom. The zero-order valence-electron chi connectivity index (χ0n) is 21.1. The van der Waals surface area contributed by atoms with Gasteiger partial charge >= 0.3 is 12.0 Å². The maximum atomic E-state index is 13.2. The number of benzene rings is 3. The SMILES string of the molecule is COc1cc(C(=O)Oc2ccccc2/C=C2/C(=O)NC(=O)N(c3cccc(C)c3)C2=O)cc(OC)c1OC. The minimum Gasteiger partial charge on any atom is -0.493 e. The molecule has 4 amide bonds. The fourth-order valence-corrected chi connectivity index (χ4v) is 3.86. The van der Waals surface area contributed by atoms with E-state index < -0.39 is 23.8 Å². The quantitative estimate of drug-likeness (QED) is 0.217. The number of rotatable bonds is 7. The average molecular weight is 517 g/mol. The van der Waals surface area contributed by atoms with E-state index in [0.29, 0.717) is 11.4 Å². The van der Waals surface area contributed by atoms with E-state index in [0.717, 1.165) is 10.5 Å². The van der Waals surface area contributed by atoms with E-state index in [2.05, 4.69) is 5.32 Å². The van der Waals surface area contributed by atoms with E-state index in [9.17, 15) is 19.2 Å². The number of urea groups is 1. The zero-order chi connectivity index (χ0) is 27.4. The van der Waals surface area contributed by atoms with Crippen molar-refractivity contribution >= 4 is 35.6 Å². The Hall–Kier alpha value is -5.12. The van der Waals surface area contributed by atoms with E-state index in [1.54, 1.807) is 36.4 Å². The number of nitrogens with one attached hydrogen (secondary N) is 1. The van der Waals surface area contributed by atoms with Crippen LogP contribution >= 0.6 is 0 Å². The van der Waals surface area contributed by atoms with Crippen molar-refractivity contribution in [1.29, 1.82) is 0 Å². The van der Waals surface area contributed by atoms with Crippen LogP contribution in [0.1, 0.15) is 21.5 Å². The van der Waals surface area contributed by atoms with E-state index in [4.69, 9.17) is 18.9 Å². The number of imide groups is 2. The molecule has 0 saturated carbocycles. The van der Waals surface area contributed by atoms with Crippen molar-refractivity contribution in [3.8, 4) is 23.0 Å². The monoisotopic (exact) mass is 516 g/mol. The first kappa shape index (κ1) is 26.0. The third-order valence-electron chi connectivity index (χ3n) is 5.68. The van der Waals surface area contributed by atoms with Crippen LogP contribution in [0.4, 0.5) is 10.5 Å². The van der Waals surface area contributed by atoms with Crippen LogP contribution < -0.4 is 29.2 Å². The van der Waals surface area contributed by atoms with Gasteiger partial charge in [-0.25, -0.2) is 14.5 Å². The predicted octanol–water partition coefficient (Wildman–Crippen LogP) is 3.91. The highest BCUT2D eigenvalue weighted by atomic mass is 16.5. The molecule has 1 fully saturated rings. The topological polar surface area (TPSA) is 120 Å². The Labute approximate surface area is 218 Å². The molecular weight excluding hydrogens is 492 g/mol. The maximum absolute atomic E-state index is 13.2. The van der Waals surface area contributed by atoms with Gasteiger partial charge in [0.25, 0.3) is 11.8 Å². The normalized spacial score (nSPS) is 14.3. The highest BCUT2D eigenvalue weighted by Crippen LogP contribution is 2.38. The molecule has 0 unspecified atom stereocenters. The molecule has 0 aliphatic carbocycles. The number of carbonyl (C=O) groups excluding carboxylic acids is 4. The molecule has 0 radical (unpaired) electrons. The Kier molecular flexibility index (Phi) is 7.43. The fourth-order valence-electron chi connectivity index (χ4n) is 3.86. The fraction of sp³-hybridized carbons (Fsp3) is 0.143. The summed E-state index contributed by atoms with van der Waals surface area (Å²) in [5.41, 5.74) is 1.22. The predicted molar refractivity (Wildman–Crippen MR) is 138 cm³/mol. The number of hydrogen-bond acceptors (Lipinski definition) is 8. The maximum Gasteiger partial charge on any atom is 0.343 e. The van der Waals surface area contributed by atoms with Crippen molar-refractivity contribution in [2.45, 2.75) is 6.92 Å². The molecule has 10 heteroatoms. The van der Waals surface area contributed by atoms with Crippen LogP contribution in [-0.2, 0) is 9.59 Å². The van der Waals surface area contributed by atoms with E-state index >= 15 is 0 Å². The first-order valence-corrected chi connectivity index (χ1v) is 11.4. The summed E-state index contributed by atoms with van der Waals surface area (Å²) in [7, 11) is 4.29. The van der Waals surface area contributed by atoms with Gasteiger partial charge in [-0.15, -0.1) is 0 Å². The molecule has 1 aliphatic heterocycles. The number of carbonyl (C=O) groups is 4. The van der Waals surface area contributed by atoms with Crippen LogP contribution in [0.5, 0.6) is 23.0 Å². The molecule has 1 heterocycles. The molecule has 1 N–H and O–H groups in total. The van der Waals surface area contributed by atoms with Gasteiger partial charge in [-0.3, -0.25) is 14.9 Å². The minimum atomic E-state index is -0.866. The van der Waals surface area contributed by atoms with Crippen LogP contribution in [-0.4, -0.2) is 45.1 Å². The van der Waals surface area contributed by atoms with Gasteiger partial charge in [0.2, 0.25) is 5.75 Å². The van der Waals surface area contributed by atoms with Gasteiger partial charge in [-0.05, 0) is 48.9 Å². The van der Waals surface area contributed by atoms with E-state index in [-0.39, 0.29) is 33.9 Å². The number of ether oxygens (including phenoxy) is 4. The Balaban J connectivity index is 1.68. The van der Waals surface area contributed by atoms with Crippen molar-refractivity contribution in [2.24, 2.45) is 0 Å². The summed E-state index contributed by atoms with van der Waals surface area (Å²) in [6.07, 6.45) is 1.27. The zero-order valence-corrected chi connectivity index (χ0v) is 21.1. The number of nitrogens with zero attached hydrogens (tertiary/aromatic N) is 1. The summed E-state index contributed by atoms with van der Waals surface area (Å²) in [6.45, 7) is 1.82. The van der Waals surface area contributed by atoms with Crippen LogP contribution in [0, 0.1) is 6.92 Å². The molecule has 0 aromatic heterocycles. The molecular formula is C28H24N2O8. The number of hydrogen-bond donors (Lipinski definition) is 1. The number of esters is 1. The summed E-state index contributed by atoms with van der Waals surface area (Å²) in [4.78, 5) is 52.3. The Morgan fingerprint density at radius 1 is 0.842 bits per heavy atom. The second kappa shape index (κ2) is 10.9. The van der Waals surface area contributed by atoms with Crippen molar-refractivity contribution in [3.05, 3.63) is 82.9 Å². The molecule has 0 bridgehead atoms. The largest absolute Gasteiger partial charge is 0.493 e. The van der Waals surface area contributed by atoms with Crippen molar-refractivity contribution in [1.82, 2.24) is 5.32 Å². The molecule has 38 heavy (non-hydrogen) atoms. The Bertz CT molecular complexity index is 1450. The smallest absolute Gasteiger partial charge is 0.343 e. The molecule has 10 nitrogen and oxygen atoms in total. The van der Waals surface area contributed by atoms with Gasteiger partial charge in [0.05, 0.1) is 32.6 Å². The lowest BCUT2D eigenvalue weighted by molar-refractivity contribution is -0.122. The number of anilines is 1. The number of methoxy groups -OCH3 is 3. The second-order valence-electron chi connectivity index (χ2n) is 8.14. The number of barbiturate groups is 1. The third kappa shape index (κ3) is 5.05. The first-order chi connectivity index (χ1) is 18.3. The van der Waals surface area contributed by atoms with Crippen LogP contribution in [0.3, 0.4) is 0 Å². The molecule has 3 aromatic rings. The van der Waals surface area contributed by atoms with Gasteiger partial charge < -0.3 is 18.9 Å². The molecule has 4 rings (SSSR count). The summed E-state index contributed by atoms with van der Waals surface area (Å²) in [5.74, 6) is -1.50. The molecule has 0 spiro atoms. The standard InChI is InChI=1S/C28H24N2O8/c1-16-8-7-10-19(12-16)30-26(32)20(25(31)29-28(30)34)13-17-9-5-6-11-21(17)38-27(33)18-14-22(35-2)24(37-4)23(15-18)36-3/h5-15H,1-4H3,(H,29,31,34)/b20-13-. The highest BCUT2D eigenvalue weighted by molar-refractivity contribution is 6.39. The van der Waals surface area contributed by atoms with Gasteiger partial charge in [0.15, 0.2) is 11.5 Å². The van der Waals surface area contributed by atoms with E-state index in [1.165, 1.54) is 45.6 Å². The van der Waals surface area contributed by atoms with Crippen molar-refractivity contribution < 1.29 is 38.1 Å². The van der Waals surface area contributed by atoms with Gasteiger partial charge in [0.1, 0.15) is 11.3 Å². The highest BCUT2D eigenvalue weighted by Gasteiger charge is 2.37. The third-order valence-corrected chi connectivity index (χ3v) is 5.68. The summed E-state index contributed by atoms with van der Waals surface area (Å²) in [6, 6.07) is 15.1. The Morgan fingerprint density at radius 2 is 1.53 bits per heavy atom. The summed E-state index contributed by atoms with van der Waals surface area (Å²) < 4.78 is 21.5. The lowest BCUT2D eigenvalue weighted by atomic mass is 10.1. The van der Waals surface area contributed by atoms with Gasteiger partial charge in [-0.1, -0.05) is 30.3 Å². The molecule has 1 saturated heterocycles. The van der Waals surface area contributed by atoms with E-state index in [1.807, 2.05) is 13.0 Å². The van der Waals surface area contributed by atoms with Crippen molar-refractivity contribution in [3.63, 3.8) is 0 Å². The van der Waals surface area contributed by atoms with Gasteiger partial charge in [-0.2, -0.15) is 0 Å². The minimum absolute atomic E-state index is 0.0818. The lowest BCUT2D eigenvalue weighted by Gasteiger charge is -2.26. The average Bonchev–Trinajstić information content (AvgIpc) is 2.90. The second-order valence-corrected chi connectivity index (χ2v) is 8.14. The number of para-hydroxylation sites is 1. The van der Waals surface area contributed by atoms with Crippen LogP contribution in [0.15, 0.2) is 66.2 Å². The number of aryl methyl sites for hydroxylation is 1. The summed E-state index contributed by atoms with van der Waals surface area (Å²) >= 11 is 0. The van der Waals surface area contributed by atoms with Crippen LogP contribution in [0.25, 0.3) is 6.08 Å². The molecule has 1 aliphatic rings. The molecule has 0 atom stereocenters. The number of amides is 4. The first-order valence-electron chi connectivity index (χ1n) is 11.4. The summed E-state index contributed by atoms with van der Waals surface area (Å²) in [5, 5.41) is 2.18.